The minimum atomic E-state index is -0.139. The van der Waals surface area contributed by atoms with Crippen LogP contribution in [0.25, 0.3) is 11.3 Å². The number of rotatable bonds is 5. The summed E-state index contributed by atoms with van der Waals surface area (Å²) in [6.07, 6.45) is 4.00. The third-order valence-corrected chi connectivity index (χ3v) is 6.00. The zero-order valence-corrected chi connectivity index (χ0v) is 18.0. The minimum absolute atomic E-state index is 0.139. The zero-order valence-electron chi connectivity index (χ0n) is 18.0. The molecule has 0 atom stereocenters. The fourth-order valence-corrected chi connectivity index (χ4v) is 4.22. The number of aromatic nitrogens is 2. The lowest BCUT2D eigenvalue weighted by Gasteiger charge is -2.28. The summed E-state index contributed by atoms with van der Waals surface area (Å²) in [7, 11) is 0. The summed E-state index contributed by atoms with van der Waals surface area (Å²) in [5.74, 6) is 0.808. The molecule has 1 aromatic heterocycles. The molecule has 1 N–H and O–H groups in total. The predicted molar refractivity (Wildman–Crippen MR) is 126 cm³/mol. The SMILES string of the molecule is O=C(Nc1ccc(N2CCOCC2)cc1)c1cccc(-c2cc(N3CCCC3)ncn2)c1. The Labute approximate surface area is 188 Å². The van der Waals surface area contributed by atoms with E-state index in [1.807, 2.05) is 54.6 Å². The van der Waals surface area contributed by atoms with E-state index in [4.69, 9.17) is 4.74 Å². The number of anilines is 3. The summed E-state index contributed by atoms with van der Waals surface area (Å²) in [6, 6.07) is 17.5. The highest BCUT2D eigenvalue weighted by Gasteiger charge is 2.15. The molecule has 0 unspecified atom stereocenters. The van der Waals surface area contributed by atoms with Gasteiger partial charge in [-0.2, -0.15) is 0 Å². The lowest BCUT2D eigenvalue weighted by Crippen LogP contribution is -2.36. The van der Waals surface area contributed by atoms with E-state index >= 15 is 0 Å². The van der Waals surface area contributed by atoms with Crippen LogP contribution < -0.4 is 15.1 Å². The van der Waals surface area contributed by atoms with Gasteiger partial charge in [0.2, 0.25) is 0 Å². The third kappa shape index (κ3) is 4.57. The molecule has 2 aliphatic rings. The second kappa shape index (κ2) is 9.36. The van der Waals surface area contributed by atoms with E-state index in [1.54, 1.807) is 6.33 Å². The highest BCUT2D eigenvalue weighted by molar-refractivity contribution is 6.05. The molecule has 2 saturated heterocycles. The highest BCUT2D eigenvalue weighted by atomic mass is 16.5. The fraction of sp³-hybridized carbons (Fsp3) is 0.320. The summed E-state index contributed by atoms with van der Waals surface area (Å²) >= 11 is 0. The van der Waals surface area contributed by atoms with E-state index in [-0.39, 0.29) is 5.91 Å². The molecular weight excluding hydrogens is 402 g/mol. The first kappa shape index (κ1) is 20.5. The Balaban J connectivity index is 1.29. The summed E-state index contributed by atoms with van der Waals surface area (Å²) in [5.41, 5.74) is 4.25. The van der Waals surface area contributed by atoms with Crippen molar-refractivity contribution in [2.45, 2.75) is 12.8 Å². The monoisotopic (exact) mass is 429 g/mol. The van der Waals surface area contributed by atoms with E-state index in [0.717, 1.165) is 67.8 Å². The normalized spacial score (nSPS) is 16.2. The van der Waals surface area contributed by atoms with Gasteiger partial charge < -0.3 is 19.9 Å². The van der Waals surface area contributed by atoms with Crippen LogP contribution in [-0.2, 0) is 4.74 Å². The lowest BCUT2D eigenvalue weighted by atomic mass is 10.1. The van der Waals surface area contributed by atoms with Crippen molar-refractivity contribution in [1.82, 2.24) is 9.97 Å². The topological polar surface area (TPSA) is 70.6 Å². The maximum absolute atomic E-state index is 12.9. The van der Waals surface area contributed by atoms with Crippen molar-refractivity contribution in [3.63, 3.8) is 0 Å². The van der Waals surface area contributed by atoms with Crippen LogP contribution in [0.3, 0.4) is 0 Å². The number of ether oxygens (including phenoxy) is 1. The third-order valence-electron chi connectivity index (χ3n) is 6.00. The molecule has 5 rings (SSSR count). The average molecular weight is 430 g/mol. The summed E-state index contributed by atoms with van der Waals surface area (Å²) in [4.78, 5) is 26.3. The van der Waals surface area contributed by atoms with Crippen LogP contribution in [0, 0.1) is 0 Å². The van der Waals surface area contributed by atoms with Crippen LogP contribution in [-0.4, -0.2) is 55.3 Å². The number of hydrogen-bond donors (Lipinski definition) is 1. The maximum atomic E-state index is 12.9. The van der Waals surface area contributed by atoms with Crippen molar-refractivity contribution in [2.75, 3.05) is 54.5 Å². The molecule has 0 radical (unpaired) electrons. The summed E-state index contributed by atoms with van der Waals surface area (Å²) in [6.45, 7) is 5.34. The van der Waals surface area contributed by atoms with Gasteiger partial charge in [0.15, 0.2) is 0 Å². The Hall–Kier alpha value is -3.45. The second-order valence-electron chi connectivity index (χ2n) is 8.14. The molecule has 2 fully saturated rings. The average Bonchev–Trinajstić information content (AvgIpc) is 3.40. The molecule has 2 aromatic carbocycles. The Kier molecular flexibility index (Phi) is 5.98. The van der Waals surface area contributed by atoms with Gasteiger partial charge in [-0.1, -0.05) is 12.1 Å². The van der Waals surface area contributed by atoms with Crippen molar-refractivity contribution < 1.29 is 9.53 Å². The first-order chi connectivity index (χ1) is 15.8. The number of benzene rings is 2. The number of carbonyl (C=O) groups is 1. The summed E-state index contributed by atoms with van der Waals surface area (Å²) in [5, 5.41) is 3.00. The number of nitrogens with one attached hydrogen (secondary N) is 1. The van der Waals surface area contributed by atoms with Gasteiger partial charge >= 0.3 is 0 Å². The molecule has 0 aliphatic carbocycles. The Morgan fingerprint density at radius 3 is 2.44 bits per heavy atom. The zero-order chi connectivity index (χ0) is 21.8. The Morgan fingerprint density at radius 1 is 0.875 bits per heavy atom. The first-order valence-corrected chi connectivity index (χ1v) is 11.2. The van der Waals surface area contributed by atoms with Crippen molar-refractivity contribution in [1.29, 1.82) is 0 Å². The second-order valence-corrected chi connectivity index (χ2v) is 8.14. The van der Waals surface area contributed by atoms with Crippen LogP contribution in [0.1, 0.15) is 23.2 Å². The van der Waals surface area contributed by atoms with Gasteiger partial charge in [0.25, 0.3) is 5.91 Å². The number of carbonyl (C=O) groups excluding carboxylic acids is 1. The van der Waals surface area contributed by atoms with E-state index < -0.39 is 0 Å². The molecule has 0 saturated carbocycles. The summed E-state index contributed by atoms with van der Waals surface area (Å²) < 4.78 is 5.41. The number of morpholine rings is 1. The molecule has 2 aliphatic heterocycles. The maximum Gasteiger partial charge on any atom is 0.255 e. The molecule has 3 aromatic rings. The number of amides is 1. The quantitative estimate of drug-likeness (QED) is 0.665. The molecule has 7 heteroatoms. The first-order valence-electron chi connectivity index (χ1n) is 11.2. The van der Waals surface area contributed by atoms with Crippen LogP contribution in [0.4, 0.5) is 17.2 Å². The van der Waals surface area contributed by atoms with E-state index in [0.29, 0.717) is 5.56 Å². The Bertz CT molecular complexity index is 1070. The standard InChI is InChI=1S/C25H27N5O2/c31-25(28-21-6-8-22(9-7-21)29-12-14-32-15-13-29)20-5-3-4-19(16-20)23-17-24(27-18-26-23)30-10-1-2-11-30/h3-9,16-18H,1-2,10-15H2,(H,28,31). The minimum Gasteiger partial charge on any atom is -0.378 e. The Morgan fingerprint density at radius 2 is 1.66 bits per heavy atom. The van der Waals surface area contributed by atoms with Gasteiger partial charge in [-0.3, -0.25) is 4.79 Å². The number of nitrogens with zero attached hydrogens (tertiary/aromatic N) is 4. The fourth-order valence-electron chi connectivity index (χ4n) is 4.22. The number of hydrogen-bond acceptors (Lipinski definition) is 6. The largest absolute Gasteiger partial charge is 0.378 e. The van der Waals surface area contributed by atoms with Gasteiger partial charge in [-0.25, -0.2) is 9.97 Å². The van der Waals surface area contributed by atoms with Crippen molar-refractivity contribution in [2.24, 2.45) is 0 Å². The molecular formula is C25H27N5O2. The predicted octanol–water partition coefficient (Wildman–Crippen LogP) is 3.83. The van der Waals surface area contributed by atoms with E-state index in [1.165, 1.54) is 12.8 Å². The van der Waals surface area contributed by atoms with Crippen LogP contribution in [0.15, 0.2) is 60.9 Å². The van der Waals surface area contributed by atoms with Crippen LogP contribution >= 0.6 is 0 Å². The van der Waals surface area contributed by atoms with Gasteiger partial charge in [-0.05, 0) is 49.2 Å². The molecule has 0 bridgehead atoms. The van der Waals surface area contributed by atoms with Crippen LogP contribution in [0.2, 0.25) is 0 Å². The van der Waals surface area contributed by atoms with E-state index in [9.17, 15) is 4.79 Å². The highest BCUT2D eigenvalue weighted by Crippen LogP contribution is 2.25. The molecule has 7 nitrogen and oxygen atoms in total. The van der Waals surface area contributed by atoms with Gasteiger partial charge in [0.1, 0.15) is 12.1 Å². The van der Waals surface area contributed by atoms with Gasteiger partial charge in [0, 0.05) is 54.7 Å². The molecule has 1 amide bonds. The van der Waals surface area contributed by atoms with Crippen molar-refractivity contribution in [3.05, 3.63) is 66.5 Å². The smallest absolute Gasteiger partial charge is 0.255 e. The lowest BCUT2D eigenvalue weighted by molar-refractivity contribution is 0.102. The van der Waals surface area contributed by atoms with Gasteiger partial charge in [0.05, 0.1) is 18.9 Å². The van der Waals surface area contributed by atoms with Crippen LogP contribution in [0.5, 0.6) is 0 Å². The molecule has 3 heterocycles. The molecule has 0 spiro atoms. The van der Waals surface area contributed by atoms with Gasteiger partial charge in [-0.15, -0.1) is 0 Å². The van der Waals surface area contributed by atoms with E-state index in [2.05, 4.69) is 25.1 Å². The molecule has 32 heavy (non-hydrogen) atoms. The van der Waals surface area contributed by atoms with Crippen molar-refractivity contribution >= 4 is 23.1 Å². The van der Waals surface area contributed by atoms with Crippen molar-refractivity contribution in [3.8, 4) is 11.3 Å². The molecule has 164 valence electrons.